The van der Waals surface area contributed by atoms with E-state index in [2.05, 4.69) is 77.4 Å². The van der Waals surface area contributed by atoms with Crippen molar-refractivity contribution < 1.29 is 9.90 Å². The third kappa shape index (κ3) is 5.35. The number of allylic oxidation sites excluding steroid dienone is 11. The SMILES string of the molecule is C=C(/C(C)=C/C1=C(C=C(C)C)C(C)C=CC1(C)C)c1ccc(CC2=C(O)C(C)CC2=O)cn1. The van der Waals surface area contributed by atoms with Crippen LogP contribution in [-0.2, 0) is 11.2 Å². The Morgan fingerprint density at radius 2 is 1.91 bits per heavy atom. The zero-order valence-electron chi connectivity index (χ0n) is 21.1. The number of ketones is 1. The fourth-order valence-electron chi connectivity index (χ4n) is 4.53. The number of aliphatic hydroxyl groups is 1. The fourth-order valence-corrected chi connectivity index (χ4v) is 4.53. The zero-order chi connectivity index (χ0) is 24.5. The fraction of sp³-hybridized carbons (Fsp3) is 0.400. The van der Waals surface area contributed by atoms with Gasteiger partial charge in [-0.25, -0.2) is 0 Å². The first-order valence-corrected chi connectivity index (χ1v) is 11.8. The van der Waals surface area contributed by atoms with Crippen LogP contribution in [0.2, 0.25) is 0 Å². The maximum Gasteiger partial charge on any atom is 0.163 e. The van der Waals surface area contributed by atoms with Gasteiger partial charge in [-0.15, -0.1) is 0 Å². The molecule has 3 heteroatoms. The number of nitrogens with zero attached hydrogens (tertiary/aromatic N) is 1. The smallest absolute Gasteiger partial charge is 0.163 e. The van der Waals surface area contributed by atoms with Gasteiger partial charge in [-0.3, -0.25) is 9.78 Å². The molecular weight excluding hydrogens is 406 g/mol. The van der Waals surface area contributed by atoms with Gasteiger partial charge in [-0.1, -0.05) is 70.2 Å². The molecule has 0 saturated carbocycles. The third-order valence-electron chi connectivity index (χ3n) is 6.70. The predicted molar refractivity (Wildman–Crippen MR) is 138 cm³/mol. The number of hydrogen-bond acceptors (Lipinski definition) is 3. The van der Waals surface area contributed by atoms with Crippen molar-refractivity contribution >= 4 is 11.4 Å². The van der Waals surface area contributed by atoms with Gasteiger partial charge in [0.15, 0.2) is 5.78 Å². The maximum absolute atomic E-state index is 12.1. The lowest BCUT2D eigenvalue weighted by Gasteiger charge is -2.32. The Kier molecular flexibility index (Phi) is 7.11. The molecule has 2 aliphatic carbocycles. The number of aliphatic hydroxyl groups excluding tert-OH is 1. The summed E-state index contributed by atoms with van der Waals surface area (Å²) in [6.07, 6.45) is 11.7. The van der Waals surface area contributed by atoms with E-state index in [1.807, 2.05) is 19.1 Å². The van der Waals surface area contributed by atoms with Gasteiger partial charge in [0.05, 0.1) is 5.69 Å². The van der Waals surface area contributed by atoms with Crippen molar-refractivity contribution in [2.75, 3.05) is 0 Å². The molecule has 3 nitrogen and oxygen atoms in total. The molecule has 33 heavy (non-hydrogen) atoms. The molecule has 1 aromatic rings. The topological polar surface area (TPSA) is 50.2 Å². The number of Topliss-reactive ketones (excluding diaryl/α,β-unsaturated/α-hetero) is 1. The van der Waals surface area contributed by atoms with Crippen LogP contribution in [-0.4, -0.2) is 15.9 Å². The second kappa shape index (κ2) is 9.51. The summed E-state index contributed by atoms with van der Waals surface area (Å²) in [6.45, 7) is 19.3. The van der Waals surface area contributed by atoms with Crippen LogP contribution in [0, 0.1) is 17.3 Å². The molecule has 1 aromatic heterocycles. The first-order chi connectivity index (χ1) is 15.4. The molecule has 1 N–H and O–H groups in total. The Bertz CT molecular complexity index is 1120. The molecule has 2 aliphatic rings. The number of carbonyl (C=O) groups is 1. The quantitative estimate of drug-likeness (QED) is 0.366. The average molecular weight is 444 g/mol. The van der Waals surface area contributed by atoms with Crippen LogP contribution >= 0.6 is 0 Å². The lowest BCUT2D eigenvalue weighted by Crippen LogP contribution is -2.19. The Morgan fingerprint density at radius 1 is 1.21 bits per heavy atom. The molecule has 0 aromatic carbocycles. The van der Waals surface area contributed by atoms with Gasteiger partial charge in [0.1, 0.15) is 5.76 Å². The van der Waals surface area contributed by atoms with Crippen LogP contribution in [0.25, 0.3) is 5.57 Å². The molecule has 2 atom stereocenters. The molecular formula is C30H37NO2. The highest BCUT2D eigenvalue weighted by atomic mass is 16.3. The molecule has 0 bridgehead atoms. The van der Waals surface area contributed by atoms with E-state index in [0.717, 1.165) is 22.4 Å². The van der Waals surface area contributed by atoms with Crippen molar-refractivity contribution in [1.82, 2.24) is 4.98 Å². The van der Waals surface area contributed by atoms with E-state index in [1.54, 1.807) is 6.20 Å². The summed E-state index contributed by atoms with van der Waals surface area (Å²) in [5, 5.41) is 10.2. The van der Waals surface area contributed by atoms with Crippen molar-refractivity contribution in [2.45, 2.75) is 61.3 Å². The Labute approximate surface area is 199 Å². The summed E-state index contributed by atoms with van der Waals surface area (Å²) in [4.78, 5) is 16.8. The normalized spacial score (nSPS) is 22.8. The minimum Gasteiger partial charge on any atom is -0.512 e. The molecule has 1 heterocycles. The van der Waals surface area contributed by atoms with Crippen LogP contribution in [0.4, 0.5) is 0 Å². The predicted octanol–water partition coefficient (Wildman–Crippen LogP) is 7.50. The lowest BCUT2D eigenvalue weighted by atomic mass is 9.72. The summed E-state index contributed by atoms with van der Waals surface area (Å²) >= 11 is 0. The van der Waals surface area contributed by atoms with Gasteiger partial charge in [-0.05, 0) is 60.6 Å². The summed E-state index contributed by atoms with van der Waals surface area (Å²) in [5.41, 5.74) is 8.11. The second-order valence-electron chi connectivity index (χ2n) is 10.4. The standard InChI is InChI=1S/C30H37NO2/c1-18(2)13-24-19(3)11-12-30(7,8)26(24)14-20(4)22(6)27-10-9-23(17-31-27)16-25-28(32)15-21(5)29(25)33/h9-14,17,19,21,33H,6,15-16H2,1-5,7-8H3/b20-14+. The van der Waals surface area contributed by atoms with Crippen LogP contribution in [0.1, 0.15) is 66.1 Å². The molecule has 0 fully saturated rings. The van der Waals surface area contributed by atoms with E-state index in [1.165, 1.54) is 16.7 Å². The Morgan fingerprint density at radius 3 is 2.45 bits per heavy atom. The van der Waals surface area contributed by atoms with Crippen LogP contribution in [0.5, 0.6) is 0 Å². The van der Waals surface area contributed by atoms with Gasteiger partial charge in [0.25, 0.3) is 0 Å². The summed E-state index contributed by atoms with van der Waals surface area (Å²) < 4.78 is 0. The molecule has 0 amide bonds. The number of pyridine rings is 1. The molecule has 0 radical (unpaired) electrons. The van der Waals surface area contributed by atoms with E-state index in [-0.39, 0.29) is 22.9 Å². The van der Waals surface area contributed by atoms with E-state index >= 15 is 0 Å². The third-order valence-corrected chi connectivity index (χ3v) is 6.70. The summed E-state index contributed by atoms with van der Waals surface area (Å²) in [5.74, 6) is 0.543. The molecule has 0 saturated heterocycles. The van der Waals surface area contributed by atoms with Gasteiger partial charge >= 0.3 is 0 Å². The number of aromatic nitrogens is 1. The van der Waals surface area contributed by atoms with Crippen molar-refractivity contribution in [3.8, 4) is 0 Å². The van der Waals surface area contributed by atoms with E-state index in [4.69, 9.17) is 0 Å². The Balaban J connectivity index is 1.87. The highest BCUT2D eigenvalue weighted by molar-refractivity contribution is 5.99. The lowest BCUT2D eigenvalue weighted by molar-refractivity contribution is -0.115. The first-order valence-electron chi connectivity index (χ1n) is 11.8. The Hall–Kier alpha value is -2.94. The van der Waals surface area contributed by atoms with E-state index in [9.17, 15) is 9.90 Å². The van der Waals surface area contributed by atoms with Crippen molar-refractivity contribution in [3.63, 3.8) is 0 Å². The van der Waals surface area contributed by atoms with Gasteiger partial charge < -0.3 is 5.11 Å². The monoisotopic (exact) mass is 443 g/mol. The average Bonchev–Trinajstić information content (AvgIpc) is 2.99. The van der Waals surface area contributed by atoms with Gasteiger partial charge in [-0.2, -0.15) is 0 Å². The zero-order valence-corrected chi connectivity index (χ0v) is 21.1. The number of carbonyl (C=O) groups excluding carboxylic acids is 1. The minimum absolute atomic E-state index is 0.0334. The highest BCUT2D eigenvalue weighted by Gasteiger charge is 2.29. The van der Waals surface area contributed by atoms with E-state index < -0.39 is 0 Å². The molecule has 3 rings (SSSR count). The van der Waals surface area contributed by atoms with Gasteiger partial charge in [0.2, 0.25) is 0 Å². The summed E-state index contributed by atoms with van der Waals surface area (Å²) in [7, 11) is 0. The van der Waals surface area contributed by atoms with Crippen LogP contribution in [0.3, 0.4) is 0 Å². The van der Waals surface area contributed by atoms with Crippen LogP contribution in [0.15, 0.2) is 82.8 Å². The van der Waals surface area contributed by atoms with Crippen LogP contribution < -0.4 is 0 Å². The maximum atomic E-state index is 12.1. The number of rotatable bonds is 6. The molecule has 0 aliphatic heterocycles. The first kappa shape index (κ1) is 24.7. The summed E-state index contributed by atoms with van der Waals surface area (Å²) in [6, 6.07) is 3.93. The highest BCUT2D eigenvalue weighted by Crippen LogP contribution is 2.41. The van der Waals surface area contributed by atoms with Crippen molar-refractivity contribution in [2.24, 2.45) is 17.3 Å². The largest absolute Gasteiger partial charge is 0.512 e. The molecule has 0 spiro atoms. The molecule has 2 unspecified atom stereocenters. The second-order valence-corrected chi connectivity index (χ2v) is 10.4. The number of hydrogen-bond donors (Lipinski definition) is 1. The minimum atomic E-state index is -0.0839. The van der Waals surface area contributed by atoms with E-state index in [0.29, 0.717) is 24.3 Å². The van der Waals surface area contributed by atoms with Gasteiger partial charge in [0, 0.05) is 35.9 Å². The molecule has 174 valence electrons. The van der Waals surface area contributed by atoms with Crippen molar-refractivity contribution in [1.29, 1.82) is 0 Å². The van der Waals surface area contributed by atoms with Crippen molar-refractivity contribution in [3.05, 3.63) is 94.1 Å².